The summed E-state index contributed by atoms with van der Waals surface area (Å²) in [6.07, 6.45) is 0.680. The van der Waals surface area contributed by atoms with Crippen molar-refractivity contribution in [3.8, 4) is 5.75 Å². The number of imide groups is 1. The molecule has 31 nitrogen and oxygen atoms in total. The second-order valence-electron chi connectivity index (χ2n) is 23.7. The highest BCUT2D eigenvalue weighted by Gasteiger charge is 2.33. The molecule has 31 heteroatoms. The molecule has 2 rings (SSSR count). The molecular weight excluding hydrogens is 1200 g/mol. The van der Waals surface area contributed by atoms with E-state index in [2.05, 4.69) is 53.2 Å². The van der Waals surface area contributed by atoms with Crippen LogP contribution >= 0.6 is 0 Å². The number of nitrogens with one attached hydrogen (secondary N) is 10. The van der Waals surface area contributed by atoms with Crippen LogP contribution in [0.2, 0.25) is 0 Å². The number of carbonyl (C=O) groups excluding carboxylic acids is 12. The number of hydrogen-bond acceptors (Lipinski definition) is 21. The van der Waals surface area contributed by atoms with Crippen molar-refractivity contribution in [2.24, 2.45) is 5.92 Å². The average molecular weight is 1310 g/mol. The first-order valence-corrected chi connectivity index (χ1v) is 30.9. The van der Waals surface area contributed by atoms with E-state index in [0.717, 1.165) is 12.2 Å². The van der Waals surface area contributed by atoms with E-state index in [1.54, 1.807) is 75.6 Å². The average Bonchev–Trinajstić information content (AvgIpc) is 1.38. The molecule has 11 N–H and O–H groups in total. The number of rotatable bonds is 45. The van der Waals surface area contributed by atoms with Gasteiger partial charge in [0.25, 0.3) is 11.8 Å². The van der Waals surface area contributed by atoms with Gasteiger partial charge in [0, 0.05) is 83.1 Å². The van der Waals surface area contributed by atoms with Crippen LogP contribution in [-0.4, -0.2) is 241 Å². The third-order valence-electron chi connectivity index (χ3n) is 13.0. The van der Waals surface area contributed by atoms with Gasteiger partial charge in [0.15, 0.2) is 0 Å². The van der Waals surface area contributed by atoms with Crippen molar-refractivity contribution in [3.63, 3.8) is 0 Å². The molecule has 0 radical (unpaired) electrons. The fourth-order valence-electron chi connectivity index (χ4n) is 8.34. The first-order valence-electron chi connectivity index (χ1n) is 30.9. The summed E-state index contributed by atoms with van der Waals surface area (Å²) in [5.41, 5.74) is -1.05. The number of amides is 11. The van der Waals surface area contributed by atoms with Crippen molar-refractivity contribution < 1.29 is 91.1 Å². The molecule has 0 fully saturated rings. The third kappa shape index (κ3) is 35.7. The number of ether oxygens (including phenoxy) is 6. The molecule has 4 atom stereocenters. The van der Waals surface area contributed by atoms with Crippen molar-refractivity contribution in [1.29, 1.82) is 0 Å². The topological polar surface area (TPSA) is 407 Å². The van der Waals surface area contributed by atoms with Crippen molar-refractivity contribution in [2.45, 2.75) is 143 Å². The minimum atomic E-state index is -1.57. The molecule has 1 aliphatic rings. The van der Waals surface area contributed by atoms with Gasteiger partial charge in [0.05, 0.1) is 65.1 Å². The molecule has 0 spiro atoms. The van der Waals surface area contributed by atoms with Crippen LogP contribution in [0.25, 0.3) is 0 Å². The molecule has 0 saturated carbocycles. The fourth-order valence-corrected chi connectivity index (χ4v) is 8.34. The molecule has 518 valence electrons. The van der Waals surface area contributed by atoms with Gasteiger partial charge in [-0.05, 0) is 105 Å². The van der Waals surface area contributed by atoms with Gasteiger partial charge in [0.2, 0.25) is 47.3 Å². The molecule has 1 aromatic rings. The predicted octanol–water partition coefficient (Wildman–Crippen LogP) is -0.814. The van der Waals surface area contributed by atoms with Crippen LogP contribution < -0.4 is 53.2 Å². The number of hydrogen-bond donors (Lipinski definition) is 11. The molecular formula is C61H100N12O19. The Morgan fingerprint density at radius 2 is 1.12 bits per heavy atom. The SMILES string of the molecule is CNCCOCCOCCC(=O)NCCN(CCNC(=O)CCOCCOCCNC)C(=O)CC[C@H](NC(=O)CN1C(=O)C=CC1=O)C(=O)N[C@H](C(=O)N[C@@H](C)C(=O)NCC(=O)Nc1cc(C[C@@H](CCC(=O)OC(C)(C)C)NC(=O)OC(C)(C)C)ccc1O)C(C)C. The van der Waals surface area contributed by atoms with Gasteiger partial charge in [-0.15, -0.1) is 0 Å². The van der Waals surface area contributed by atoms with Crippen molar-refractivity contribution in [3.05, 3.63) is 35.9 Å². The first-order chi connectivity index (χ1) is 43.4. The van der Waals surface area contributed by atoms with Crippen LogP contribution in [0.5, 0.6) is 5.75 Å². The highest BCUT2D eigenvalue weighted by atomic mass is 16.6. The number of carbonyl (C=O) groups is 12. The molecule has 0 saturated heterocycles. The highest BCUT2D eigenvalue weighted by Crippen LogP contribution is 2.26. The Labute approximate surface area is 538 Å². The fraction of sp³-hybridized carbons (Fsp3) is 0.672. The smallest absolute Gasteiger partial charge is 0.407 e. The molecule has 1 aromatic carbocycles. The summed E-state index contributed by atoms with van der Waals surface area (Å²) in [7, 11) is 3.60. The van der Waals surface area contributed by atoms with Crippen molar-refractivity contribution >= 4 is 76.8 Å². The van der Waals surface area contributed by atoms with E-state index in [4.69, 9.17) is 28.4 Å². The highest BCUT2D eigenvalue weighted by molar-refractivity contribution is 6.14. The first kappa shape index (κ1) is 80.3. The molecule has 1 heterocycles. The summed E-state index contributed by atoms with van der Waals surface area (Å²) < 4.78 is 32.6. The number of aromatic hydroxyl groups is 1. The second-order valence-corrected chi connectivity index (χ2v) is 23.7. The number of phenolic OH excluding ortho intramolecular Hbond substituents is 1. The van der Waals surface area contributed by atoms with E-state index in [1.807, 2.05) is 0 Å². The Morgan fingerprint density at radius 1 is 0.576 bits per heavy atom. The van der Waals surface area contributed by atoms with Crippen LogP contribution in [-0.2, 0) is 87.6 Å². The van der Waals surface area contributed by atoms with Crippen molar-refractivity contribution in [2.75, 3.05) is 125 Å². The van der Waals surface area contributed by atoms with Crippen LogP contribution in [0.15, 0.2) is 30.4 Å². The quantitative estimate of drug-likeness (QED) is 0.0165. The van der Waals surface area contributed by atoms with E-state index < -0.39 is 127 Å². The Bertz CT molecular complexity index is 2550. The maximum absolute atomic E-state index is 14.2. The summed E-state index contributed by atoms with van der Waals surface area (Å²) in [5, 5.41) is 37.3. The van der Waals surface area contributed by atoms with E-state index in [1.165, 1.54) is 24.0 Å². The number of esters is 1. The lowest BCUT2D eigenvalue weighted by Gasteiger charge is -2.27. The molecule has 0 aromatic heterocycles. The van der Waals surface area contributed by atoms with Gasteiger partial charge in [0.1, 0.15) is 41.6 Å². The summed E-state index contributed by atoms with van der Waals surface area (Å²) in [6.45, 7) is 17.0. The number of anilines is 1. The van der Waals surface area contributed by atoms with Gasteiger partial charge >= 0.3 is 12.1 Å². The second kappa shape index (κ2) is 43.1. The van der Waals surface area contributed by atoms with Gasteiger partial charge in [-0.25, -0.2) is 4.79 Å². The lowest BCUT2D eigenvalue weighted by molar-refractivity contribution is -0.155. The molecule has 11 amide bonds. The number of alkyl carbamates (subject to hydrolysis) is 1. The molecule has 0 bridgehead atoms. The number of nitrogens with zero attached hydrogens (tertiary/aromatic N) is 2. The van der Waals surface area contributed by atoms with Gasteiger partial charge < -0.3 is 91.6 Å². The number of benzene rings is 1. The number of phenols is 1. The van der Waals surface area contributed by atoms with Gasteiger partial charge in [-0.1, -0.05) is 19.9 Å². The maximum Gasteiger partial charge on any atom is 0.407 e. The molecule has 0 aliphatic carbocycles. The minimum Gasteiger partial charge on any atom is -0.506 e. The maximum atomic E-state index is 14.2. The standard InChI is InChI=1S/C61H100N12O19/c1-40(2)55(58(85)67-41(3)56(83)66-38-49(77)70-45-37-42(12-15-46(45)74)36-43(68-59(86)92-61(7,8)9)13-19-54(82)91-60(4,5)6)71-57(84)44(69-50(78)39-73-52(80)17-18-53(73)81)14-16-51(79)72(26-22-64-47(75)20-28-87-32-34-89-30-24-62-10)27-23-65-48(76)21-29-88-33-35-90-31-25-63-11/h12,15,17-18,37,40-41,43-44,55,62-63,74H,13-14,16,19-36,38-39H2,1-11H3,(H,64,75)(H,65,76)(H,66,83)(H,67,85)(H,68,86)(H,69,78)(H,70,77)(H,71,84)/t41-,43+,44-,55-/m0/s1. The van der Waals surface area contributed by atoms with Crippen molar-refractivity contribution in [1.82, 2.24) is 57.7 Å². The summed E-state index contributed by atoms with van der Waals surface area (Å²) >= 11 is 0. The van der Waals surface area contributed by atoms with Gasteiger partial charge in [-0.2, -0.15) is 0 Å². The Balaban J connectivity index is 2.20. The lowest BCUT2D eigenvalue weighted by atomic mass is 10.0. The molecule has 1 aliphatic heterocycles. The molecule has 0 unspecified atom stereocenters. The minimum absolute atomic E-state index is 0.0150. The zero-order valence-corrected chi connectivity index (χ0v) is 55.2. The largest absolute Gasteiger partial charge is 0.506 e. The predicted molar refractivity (Wildman–Crippen MR) is 336 cm³/mol. The van der Waals surface area contributed by atoms with E-state index in [0.29, 0.717) is 50.0 Å². The normalized spacial score (nSPS) is 13.5. The number of likely N-dealkylation sites (N-methyl/N-ethyl adjacent to an activating group) is 2. The summed E-state index contributed by atoms with van der Waals surface area (Å²) in [4.78, 5) is 160. The Hall–Kier alpha value is -7.84. The third-order valence-corrected chi connectivity index (χ3v) is 13.0. The van der Waals surface area contributed by atoms with E-state index in [9.17, 15) is 62.6 Å². The Kier molecular flexibility index (Phi) is 37.6. The van der Waals surface area contributed by atoms with Crippen LogP contribution in [0, 0.1) is 5.92 Å². The van der Waals surface area contributed by atoms with E-state index >= 15 is 0 Å². The summed E-state index contributed by atoms with van der Waals surface area (Å²) in [5.74, 6) is -8.71. The zero-order chi connectivity index (χ0) is 68.8. The monoisotopic (exact) mass is 1300 g/mol. The van der Waals surface area contributed by atoms with E-state index in [-0.39, 0.29) is 108 Å². The van der Waals surface area contributed by atoms with Crippen LogP contribution in [0.3, 0.4) is 0 Å². The Morgan fingerprint density at radius 3 is 1.64 bits per heavy atom. The van der Waals surface area contributed by atoms with Gasteiger partial charge in [-0.3, -0.25) is 57.6 Å². The van der Waals surface area contributed by atoms with Crippen LogP contribution in [0.1, 0.15) is 106 Å². The molecule has 92 heavy (non-hydrogen) atoms. The zero-order valence-electron chi connectivity index (χ0n) is 55.2. The lowest BCUT2D eigenvalue weighted by Crippen LogP contribution is -2.58. The summed E-state index contributed by atoms with van der Waals surface area (Å²) in [6, 6.07) is -0.562. The van der Waals surface area contributed by atoms with Crippen LogP contribution in [0.4, 0.5) is 10.5 Å².